The number of esters is 1. The lowest BCUT2D eigenvalue weighted by atomic mass is 9.99. The second-order valence-electron chi connectivity index (χ2n) is 5.48. The molecule has 120 valence electrons. The van der Waals surface area contributed by atoms with Gasteiger partial charge in [-0.25, -0.2) is 4.79 Å². The average molecular weight is 315 g/mol. The number of imide groups is 1. The van der Waals surface area contributed by atoms with Crippen molar-refractivity contribution in [1.82, 2.24) is 10.2 Å². The first-order chi connectivity index (χ1) is 10.9. The monoisotopic (exact) mass is 315 g/mol. The molecule has 1 aromatic carbocycles. The largest absolute Gasteiger partial charge is 0.459 e. The fraction of sp³-hybridized carbons (Fsp3) is 0.375. The number of amides is 3. The van der Waals surface area contributed by atoms with Gasteiger partial charge >= 0.3 is 12.0 Å². The Morgan fingerprint density at radius 1 is 1.35 bits per heavy atom. The van der Waals surface area contributed by atoms with Gasteiger partial charge in [0.25, 0.3) is 5.91 Å². The summed E-state index contributed by atoms with van der Waals surface area (Å²) in [4.78, 5) is 36.7. The average Bonchev–Trinajstić information content (AvgIpc) is 2.77. The van der Waals surface area contributed by atoms with E-state index in [1.807, 2.05) is 6.07 Å². The fourth-order valence-electron chi connectivity index (χ4n) is 2.14. The minimum atomic E-state index is -0.968. The maximum atomic E-state index is 12.2. The number of carbonyl (C=O) groups is 3. The number of benzene rings is 1. The molecule has 2 rings (SSSR count). The maximum Gasteiger partial charge on any atom is 0.326 e. The van der Waals surface area contributed by atoms with Gasteiger partial charge in [-0.05, 0) is 31.0 Å². The number of nitrogens with one attached hydrogen (secondary N) is 1. The fourth-order valence-corrected chi connectivity index (χ4v) is 2.14. The molecular weight excluding hydrogens is 298 g/mol. The molecule has 0 spiro atoms. The molecule has 1 fully saturated rings. The summed E-state index contributed by atoms with van der Waals surface area (Å²) in [5, 5.41) is 11.3. The highest BCUT2D eigenvalue weighted by Crippen LogP contribution is 2.20. The topological polar surface area (TPSA) is 99.5 Å². The number of nitrogens with zero attached hydrogens (tertiary/aromatic N) is 2. The third kappa shape index (κ3) is 3.48. The second-order valence-corrected chi connectivity index (χ2v) is 5.48. The van der Waals surface area contributed by atoms with Crippen molar-refractivity contribution in [3.63, 3.8) is 0 Å². The molecular formula is C16H17N3O4. The van der Waals surface area contributed by atoms with Crippen LogP contribution in [0, 0.1) is 11.3 Å². The highest BCUT2D eigenvalue weighted by Gasteiger charge is 2.47. The Morgan fingerprint density at radius 3 is 2.52 bits per heavy atom. The minimum absolute atomic E-state index is 0.0131. The van der Waals surface area contributed by atoms with Crippen LogP contribution in [0.4, 0.5) is 4.79 Å². The smallest absolute Gasteiger partial charge is 0.326 e. The summed E-state index contributed by atoms with van der Waals surface area (Å²) in [6, 6.07) is 7.99. The molecule has 0 saturated carbocycles. The molecule has 1 aliphatic rings. The zero-order chi connectivity index (χ0) is 17.0. The summed E-state index contributed by atoms with van der Waals surface area (Å²) in [5.41, 5.74) is 0.260. The lowest BCUT2D eigenvalue weighted by Gasteiger charge is -2.18. The normalized spacial score (nSPS) is 20.1. The number of nitriles is 1. The van der Waals surface area contributed by atoms with Gasteiger partial charge in [-0.15, -0.1) is 0 Å². The lowest BCUT2D eigenvalue weighted by molar-refractivity contribution is -0.148. The Morgan fingerprint density at radius 2 is 2.00 bits per heavy atom. The van der Waals surface area contributed by atoms with Crippen molar-refractivity contribution in [2.45, 2.75) is 32.4 Å². The van der Waals surface area contributed by atoms with Gasteiger partial charge in [0.05, 0.1) is 11.6 Å². The maximum absolute atomic E-state index is 12.2. The van der Waals surface area contributed by atoms with Crippen LogP contribution in [-0.2, 0) is 20.9 Å². The van der Waals surface area contributed by atoms with Crippen LogP contribution < -0.4 is 5.32 Å². The van der Waals surface area contributed by atoms with Gasteiger partial charge in [-0.1, -0.05) is 19.1 Å². The van der Waals surface area contributed by atoms with Crippen molar-refractivity contribution in [1.29, 1.82) is 5.26 Å². The van der Waals surface area contributed by atoms with Crippen LogP contribution in [0.15, 0.2) is 24.3 Å². The molecule has 0 aromatic heterocycles. The Hall–Kier alpha value is -2.88. The quantitative estimate of drug-likeness (QED) is 0.652. The predicted molar refractivity (Wildman–Crippen MR) is 79.9 cm³/mol. The first kappa shape index (κ1) is 16.5. The van der Waals surface area contributed by atoms with E-state index in [2.05, 4.69) is 5.32 Å². The molecule has 7 heteroatoms. The van der Waals surface area contributed by atoms with Crippen molar-refractivity contribution in [2.24, 2.45) is 0 Å². The number of carbonyl (C=O) groups excluding carboxylic acids is 3. The van der Waals surface area contributed by atoms with Crippen molar-refractivity contribution >= 4 is 17.9 Å². The third-order valence-electron chi connectivity index (χ3n) is 3.82. The molecule has 0 radical (unpaired) electrons. The molecule has 0 aliphatic carbocycles. The van der Waals surface area contributed by atoms with Crippen molar-refractivity contribution in [3.8, 4) is 6.07 Å². The molecule has 3 amide bonds. The van der Waals surface area contributed by atoms with Gasteiger partial charge in [0.1, 0.15) is 18.7 Å². The van der Waals surface area contributed by atoms with E-state index in [4.69, 9.17) is 10.00 Å². The molecule has 0 bridgehead atoms. The predicted octanol–water partition coefficient (Wildman–Crippen LogP) is 1.32. The number of ether oxygens (including phenoxy) is 1. The van der Waals surface area contributed by atoms with Crippen LogP contribution in [0.25, 0.3) is 0 Å². The molecule has 1 aliphatic heterocycles. The summed E-state index contributed by atoms with van der Waals surface area (Å²) in [6.07, 6.45) is 0.439. The van der Waals surface area contributed by atoms with Crippen molar-refractivity contribution in [2.75, 3.05) is 6.54 Å². The molecule has 23 heavy (non-hydrogen) atoms. The van der Waals surface area contributed by atoms with Crippen LogP contribution in [0.5, 0.6) is 0 Å². The van der Waals surface area contributed by atoms with Gasteiger partial charge in [-0.2, -0.15) is 5.26 Å². The number of hydrogen-bond donors (Lipinski definition) is 1. The van der Waals surface area contributed by atoms with Crippen LogP contribution in [0.1, 0.15) is 31.4 Å². The highest BCUT2D eigenvalue weighted by atomic mass is 16.5. The van der Waals surface area contributed by atoms with Crippen molar-refractivity contribution in [3.05, 3.63) is 35.4 Å². The Kier molecular flexibility index (Phi) is 4.65. The third-order valence-corrected chi connectivity index (χ3v) is 3.82. The standard InChI is InChI=1S/C16H17N3O4/c1-3-16(2)14(21)19(15(22)18-16)9-13(20)23-10-12-6-4-11(8-17)5-7-12/h4-7H,3,9-10H2,1-2H3,(H,18,22)/t16-/m1/s1. The van der Waals surface area contributed by atoms with Crippen LogP contribution in [-0.4, -0.2) is 34.9 Å². The van der Waals surface area contributed by atoms with E-state index in [1.165, 1.54) is 0 Å². The summed E-state index contributed by atoms with van der Waals surface area (Å²) < 4.78 is 5.07. The van der Waals surface area contributed by atoms with Gasteiger partial charge in [-0.3, -0.25) is 14.5 Å². The summed E-state index contributed by atoms with van der Waals surface area (Å²) in [7, 11) is 0. The lowest BCUT2D eigenvalue weighted by Crippen LogP contribution is -2.43. The van der Waals surface area contributed by atoms with E-state index in [-0.39, 0.29) is 6.61 Å². The van der Waals surface area contributed by atoms with E-state index in [0.717, 1.165) is 4.90 Å². The van der Waals surface area contributed by atoms with Crippen LogP contribution in [0.3, 0.4) is 0 Å². The summed E-state index contributed by atoms with van der Waals surface area (Å²) in [5.74, 6) is -1.10. The van der Waals surface area contributed by atoms with Gasteiger partial charge in [0.15, 0.2) is 0 Å². The van der Waals surface area contributed by atoms with Crippen LogP contribution >= 0.6 is 0 Å². The first-order valence-corrected chi connectivity index (χ1v) is 7.18. The molecule has 1 N–H and O–H groups in total. The highest BCUT2D eigenvalue weighted by molar-refractivity contribution is 6.08. The Bertz CT molecular complexity index is 678. The minimum Gasteiger partial charge on any atom is -0.459 e. The van der Waals surface area contributed by atoms with Gasteiger partial charge < -0.3 is 10.1 Å². The van der Waals surface area contributed by atoms with Crippen LogP contribution in [0.2, 0.25) is 0 Å². The number of hydrogen-bond acceptors (Lipinski definition) is 5. The molecule has 0 unspecified atom stereocenters. The van der Waals surface area contributed by atoms with Crippen molar-refractivity contribution < 1.29 is 19.1 Å². The van der Waals surface area contributed by atoms with E-state index in [0.29, 0.717) is 17.5 Å². The zero-order valence-electron chi connectivity index (χ0n) is 13.0. The Balaban J connectivity index is 1.91. The Labute approximate surface area is 133 Å². The molecule has 1 aromatic rings. The number of rotatable bonds is 5. The molecule has 1 heterocycles. The molecule has 1 saturated heterocycles. The summed E-state index contributed by atoms with van der Waals surface area (Å²) >= 11 is 0. The van der Waals surface area contributed by atoms with E-state index in [1.54, 1.807) is 38.1 Å². The first-order valence-electron chi connectivity index (χ1n) is 7.18. The van der Waals surface area contributed by atoms with E-state index >= 15 is 0 Å². The van der Waals surface area contributed by atoms with E-state index < -0.39 is 30.0 Å². The summed E-state index contributed by atoms with van der Waals surface area (Å²) in [6.45, 7) is 3.00. The van der Waals surface area contributed by atoms with Gasteiger partial charge in [0, 0.05) is 0 Å². The second kappa shape index (κ2) is 6.48. The van der Waals surface area contributed by atoms with E-state index in [9.17, 15) is 14.4 Å². The molecule has 1 atom stereocenters. The molecule has 7 nitrogen and oxygen atoms in total. The zero-order valence-corrected chi connectivity index (χ0v) is 13.0. The van der Waals surface area contributed by atoms with Gasteiger partial charge in [0.2, 0.25) is 0 Å². The number of urea groups is 1. The SMILES string of the molecule is CC[C@@]1(C)NC(=O)N(CC(=O)OCc2ccc(C#N)cc2)C1=O.